The Morgan fingerprint density at radius 2 is 0.644 bits per heavy atom. The Labute approximate surface area is 590 Å². The van der Waals surface area contributed by atoms with E-state index in [1.54, 1.807) is 0 Å². The Kier molecular flexibility index (Phi) is 32.2. The van der Waals surface area contributed by atoms with E-state index >= 15 is 0 Å². The lowest BCUT2D eigenvalue weighted by Crippen LogP contribution is -2.40. The Morgan fingerprint density at radius 3 is 0.891 bits per heavy atom. The highest BCUT2D eigenvalue weighted by molar-refractivity contribution is 7.90. The molecular formula is C70H103FN12O15S3. The molecule has 6 amide bonds. The van der Waals surface area contributed by atoms with Crippen LogP contribution in [0.4, 0.5) is 35.8 Å². The van der Waals surface area contributed by atoms with Crippen LogP contribution in [-0.4, -0.2) is 72.0 Å². The molecule has 0 bridgehead atoms. The van der Waals surface area contributed by atoms with Gasteiger partial charge in [0.25, 0.3) is 46.7 Å². The number of anilines is 3. The number of amides is 6. The molecule has 27 nitrogen and oxygen atoms in total. The van der Waals surface area contributed by atoms with E-state index in [0.29, 0.717) is 47.5 Å². The van der Waals surface area contributed by atoms with Crippen LogP contribution in [0.5, 0.6) is 0 Å². The first-order valence-electron chi connectivity index (χ1n) is 34.3. The van der Waals surface area contributed by atoms with Crippen LogP contribution in [0.1, 0.15) is 255 Å². The van der Waals surface area contributed by atoms with Crippen molar-refractivity contribution in [1.29, 1.82) is 0 Å². The molecule has 3 aromatic heterocycles. The first-order valence-corrected chi connectivity index (χ1v) is 38.8. The minimum atomic E-state index is -4.60. The smallest absolute Gasteiger partial charge is 0.307 e. The number of nitrogens with one attached hydrogen (secondary N) is 9. The average Bonchev–Trinajstić information content (AvgIpc) is 0.820. The van der Waals surface area contributed by atoms with Crippen molar-refractivity contribution in [1.82, 2.24) is 42.8 Å². The number of carbonyl (C=O) groups is 3. The summed E-state index contributed by atoms with van der Waals surface area (Å²) in [4.78, 5) is 115. The molecule has 3 heterocycles. The molecule has 0 unspecified atom stereocenters. The minimum absolute atomic E-state index is 0.0865. The van der Waals surface area contributed by atoms with E-state index in [2.05, 4.69) is 29.8 Å². The van der Waals surface area contributed by atoms with Crippen molar-refractivity contribution >= 4 is 65.2 Å². The Morgan fingerprint density at radius 1 is 0.396 bits per heavy atom. The SMILES string of the molecule is CCCCCCn1cc(S(=O)(=O)NC(=O)Nc2c(C(C)C)cc(C)cc2C(C)C)c(=O)[nH]c1=O.CCCCCCn1cc(S(=O)(=O)NC(=O)Nc2c(C(C)C)cc(F)cc2C(C)C)c(=O)[nH]c1=O.CCCCCCn1cc(S(=O)(=O)NC(=O)Nc2c(C(C)C)cccc2C(C)C)c(=O)[nH]c1=O. The largest absolute Gasteiger partial charge is 0.333 e. The first-order chi connectivity index (χ1) is 47.2. The van der Waals surface area contributed by atoms with E-state index in [4.69, 9.17) is 0 Å². The summed E-state index contributed by atoms with van der Waals surface area (Å²) in [5.41, 5.74) is 1.61. The van der Waals surface area contributed by atoms with Crippen LogP contribution < -0.4 is 63.9 Å². The van der Waals surface area contributed by atoms with Gasteiger partial charge in [-0.25, -0.2) is 72.6 Å². The van der Waals surface area contributed by atoms with Gasteiger partial charge in [-0.3, -0.25) is 43.0 Å². The molecular weight excluding hydrogens is 1360 g/mol. The predicted octanol–water partition coefficient (Wildman–Crippen LogP) is 12.1. The van der Waals surface area contributed by atoms with Gasteiger partial charge in [0, 0.05) is 55.3 Å². The minimum Gasteiger partial charge on any atom is -0.307 e. The van der Waals surface area contributed by atoms with Gasteiger partial charge in [0.05, 0.1) is 0 Å². The molecule has 0 saturated heterocycles. The third-order valence-corrected chi connectivity index (χ3v) is 20.3. The number of carbonyl (C=O) groups excluding carboxylic acids is 3. The zero-order valence-corrected chi connectivity index (χ0v) is 63.4. The summed E-state index contributed by atoms with van der Waals surface area (Å²) in [6.07, 6.45) is 13.4. The van der Waals surface area contributed by atoms with Gasteiger partial charge in [-0.2, -0.15) is 0 Å². The molecule has 0 saturated carbocycles. The van der Waals surface area contributed by atoms with Crippen molar-refractivity contribution in [3.05, 3.63) is 168 Å². The Balaban J connectivity index is 0.000000321. The summed E-state index contributed by atoms with van der Waals surface area (Å²) >= 11 is 0. The molecule has 0 atom stereocenters. The zero-order chi connectivity index (χ0) is 76.0. The number of hydrogen-bond acceptors (Lipinski definition) is 15. The lowest BCUT2D eigenvalue weighted by Gasteiger charge is -2.21. The van der Waals surface area contributed by atoms with Crippen molar-refractivity contribution in [2.75, 3.05) is 16.0 Å². The van der Waals surface area contributed by atoms with Crippen LogP contribution >= 0.6 is 0 Å². The lowest BCUT2D eigenvalue weighted by molar-refractivity contribution is 0.255. The fraction of sp³-hybridized carbons (Fsp3) is 0.529. The standard InChI is InChI=1S/C24H36N4O5S.C23H33FN4O5S.C23H34N4O5S/c1-7-8-9-10-11-28-14-20(22(29)26-24(28)31)34(32,33)27-23(30)25-21-18(15(2)3)12-17(6)13-19(21)16(4)5;1-6-7-8-9-10-28-13-19(21(29)26-23(28)31)34(32,33)27-22(30)25-20-17(14(2)3)11-16(24)12-18(20)15(4)5;1-6-7-8-9-13-27-14-19(21(28)25-23(27)30)33(31,32)26-22(29)24-20-17(15(2)3)11-10-12-18(20)16(4)5/h12-16H,7-11H2,1-6H3,(H2,25,27,30)(H,26,29,31);11-15H,6-10H2,1-5H3,(H2,25,27,30)(H,26,29,31);10-12,14-16H,6-9,13H2,1-5H3,(H2,24,26,29)(H,25,28,30). The number of halogens is 1. The molecule has 0 fully saturated rings. The summed E-state index contributed by atoms with van der Waals surface area (Å²) in [6, 6.07) is 9.08. The molecule has 9 N–H and O–H groups in total. The maximum atomic E-state index is 14.1. The quantitative estimate of drug-likeness (QED) is 0.0189. The molecule has 6 rings (SSSR count). The van der Waals surface area contributed by atoms with Crippen LogP contribution in [0, 0.1) is 12.7 Å². The van der Waals surface area contributed by atoms with Crippen LogP contribution in [0.3, 0.4) is 0 Å². The highest BCUT2D eigenvalue weighted by Gasteiger charge is 2.29. The lowest BCUT2D eigenvalue weighted by atomic mass is 9.90. The predicted molar refractivity (Wildman–Crippen MR) is 393 cm³/mol. The number of para-hydroxylation sites is 1. The zero-order valence-electron chi connectivity index (χ0n) is 60.9. The molecule has 101 heavy (non-hydrogen) atoms. The van der Waals surface area contributed by atoms with Crippen molar-refractivity contribution in [3.8, 4) is 0 Å². The maximum absolute atomic E-state index is 14.1. The number of sulfonamides is 3. The van der Waals surface area contributed by atoms with Gasteiger partial charge in [0.1, 0.15) is 5.82 Å². The highest BCUT2D eigenvalue weighted by Crippen LogP contribution is 2.36. The first kappa shape index (κ1) is 84.7. The number of H-pyrrole nitrogens is 3. The van der Waals surface area contributed by atoms with Crippen molar-refractivity contribution in [2.24, 2.45) is 0 Å². The molecule has 6 aromatic rings. The second-order valence-electron chi connectivity index (χ2n) is 26.7. The number of aromatic amines is 3. The number of nitrogens with zero attached hydrogens (tertiary/aromatic N) is 3. The summed E-state index contributed by atoms with van der Waals surface area (Å²) in [7, 11) is -13.6. The summed E-state index contributed by atoms with van der Waals surface area (Å²) in [5.74, 6) is -0.409. The average molecular weight is 1470 g/mol. The molecule has 31 heteroatoms. The van der Waals surface area contributed by atoms with Crippen LogP contribution in [0.15, 0.2) is 105 Å². The van der Waals surface area contributed by atoms with E-state index in [9.17, 15) is 72.8 Å². The van der Waals surface area contributed by atoms with Gasteiger partial charge in [-0.15, -0.1) is 0 Å². The molecule has 3 aromatic carbocycles. The molecule has 0 spiro atoms. The Hall–Kier alpha value is -8.71. The van der Waals surface area contributed by atoms with Crippen molar-refractivity contribution in [3.63, 3.8) is 0 Å². The van der Waals surface area contributed by atoms with Crippen molar-refractivity contribution in [2.45, 2.75) is 258 Å². The topological polar surface area (TPSA) is 390 Å². The van der Waals surface area contributed by atoms with Gasteiger partial charge in [-0.1, -0.05) is 198 Å². The number of hydrogen-bond donors (Lipinski definition) is 9. The van der Waals surface area contributed by atoms with Crippen LogP contribution in [0.25, 0.3) is 0 Å². The number of rotatable bonds is 30. The number of urea groups is 3. The fourth-order valence-electron chi connectivity index (χ4n) is 10.9. The molecule has 0 aliphatic heterocycles. The van der Waals surface area contributed by atoms with Crippen LogP contribution in [0.2, 0.25) is 0 Å². The number of aryl methyl sites for hydroxylation is 4. The second kappa shape index (κ2) is 38.4. The molecule has 558 valence electrons. The maximum Gasteiger partial charge on any atom is 0.333 e. The van der Waals surface area contributed by atoms with E-state index < -0.39 is 102 Å². The van der Waals surface area contributed by atoms with E-state index in [1.165, 1.54) is 12.1 Å². The van der Waals surface area contributed by atoms with Gasteiger partial charge >= 0.3 is 35.2 Å². The second-order valence-corrected chi connectivity index (χ2v) is 31.7. The van der Waals surface area contributed by atoms with Gasteiger partial charge in [0.2, 0.25) is 0 Å². The molecule has 0 aliphatic carbocycles. The van der Waals surface area contributed by atoms with E-state index in [1.807, 2.05) is 156 Å². The molecule has 0 radical (unpaired) electrons. The van der Waals surface area contributed by atoms with E-state index in [0.717, 1.165) is 118 Å². The summed E-state index contributed by atoms with van der Waals surface area (Å²) in [5, 5.41) is 7.84. The normalized spacial score (nSPS) is 11.8. The number of aromatic nitrogens is 6. The van der Waals surface area contributed by atoms with E-state index in [-0.39, 0.29) is 55.1 Å². The third-order valence-electron chi connectivity index (χ3n) is 16.3. The number of benzene rings is 3. The number of unbranched alkanes of at least 4 members (excludes halogenated alkanes) is 9. The van der Waals surface area contributed by atoms with Gasteiger partial charge in [-0.05, 0) is 107 Å². The Bertz CT molecular complexity index is 4330. The van der Waals surface area contributed by atoms with Gasteiger partial charge < -0.3 is 16.0 Å². The van der Waals surface area contributed by atoms with Crippen LogP contribution in [-0.2, 0) is 49.7 Å². The highest BCUT2D eigenvalue weighted by atomic mass is 32.2. The summed E-state index contributed by atoms with van der Waals surface area (Å²) < 4.78 is 100. The summed E-state index contributed by atoms with van der Waals surface area (Å²) in [6.45, 7) is 32.0. The fourth-order valence-corrected chi connectivity index (χ4v) is 13.8. The molecule has 0 aliphatic rings. The third kappa shape index (κ3) is 24.5. The van der Waals surface area contributed by atoms with Gasteiger partial charge in [0.15, 0.2) is 14.7 Å². The monoisotopic (exact) mass is 1470 g/mol. The van der Waals surface area contributed by atoms with Crippen molar-refractivity contribution < 1.29 is 44.0 Å².